The quantitative estimate of drug-likeness (QED) is 0.288. The lowest BCUT2D eigenvalue weighted by Gasteiger charge is -2.02. The maximum Gasteiger partial charge on any atom is 0.186 e. The Kier molecular flexibility index (Phi) is 4.99. The molecule has 5 rings (SSSR count). The molecule has 30 heavy (non-hydrogen) atoms. The molecule has 4 nitrogen and oxygen atoms in total. The molecule has 0 bridgehead atoms. The van der Waals surface area contributed by atoms with Crippen molar-refractivity contribution in [3.05, 3.63) is 99.3 Å². The molecule has 0 fully saturated rings. The summed E-state index contributed by atoms with van der Waals surface area (Å²) in [5.41, 5.74) is 5.19. The van der Waals surface area contributed by atoms with Crippen LogP contribution < -0.4 is 0 Å². The molecular weight excluding hydrogens is 441 g/mol. The molecule has 2 aromatic carbocycles. The van der Waals surface area contributed by atoms with Crippen LogP contribution in [-0.4, -0.2) is 14.5 Å². The standard InChI is InChI=1S/C23H14Cl3N3O/c24-16-7-5-15(6-8-16)22-23(29-10-2-1-3-21(29)27-22)20-13-17(28-30-20)11-14-4-9-18(25)19(26)12-14/h1-10,12-13H,11H2. The molecule has 0 aliphatic heterocycles. The van der Waals surface area contributed by atoms with Crippen LogP contribution in [0.5, 0.6) is 0 Å². The molecule has 0 saturated heterocycles. The summed E-state index contributed by atoms with van der Waals surface area (Å²) in [5.74, 6) is 0.633. The Bertz CT molecular complexity index is 1360. The zero-order chi connectivity index (χ0) is 20.7. The van der Waals surface area contributed by atoms with Gasteiger partial charge in [0.1, 0.15) is 17.0 Å². The predicted molar refractivity (Wildman–Crippen MR) is 120 cm³/mol. The van der Waals surface area contributed by atoms with Crippen molar-refractivity contribution >= 4 is 40.4 Å². The van der Waals surface area contributed by atoms with Crippen molar-refractivity contribution in [2.75, 3.05) is 0 Å². The van der Waals surface area contributed by atoms with Crippen LogP contribution in [0.2, 0.25) is 15.1 Å². The van der Waals surface area contributed by atoms with E-state index >= 15 is 0 Å². The van der Waals surface area contributed by atoms with Gasteiger partial charge in [0.2, 0.25) is 0 Å². The Morgan fingerprint density at radius 1 is 0.867 bits per heavy atom. The van der Waals surface area contributed by atoms with E-state index < -0.39 is 0 Å². The highest BCUT2D eigenvalue weighted by atomic mass is 35.5. The van der Waals surface area contributed by atoms with E-state index in [0.29, 0.717) is 27.2 Å². The van der Waals surface area contributed by atoms with Gasteiger partial charge in [0, 0.05) is 29.3 Å². The van der Waals surface area contributed by atoms with E-state index in [2.05, 4.69) is 5.16 Å². The molecule has 0 aliphatic carbocycles. The molecular formula is C23H14Cl3N3O. The maximum absolute atomic E-state index is 6.13. The first kappa shape index (κ1) is 19.2. The number of fused-ring (bicyclic) bond motifs is 1. The van der Waals surface area contributed by atoms with Crippen LogP contribution in [0.15, 0.2) is 77.4 Å². The Labute approximate surface area is 187 Å². The Morgan fingerprint density at radius 2 is 1.70 bits per heavy atom. The van der Waals surface area contributed by atoms with Crippen LogP contribution in [0.3, 0.4) is 0 Å². The monoisotopic (exact) mass is 453 g/mol. The van der Waals surface area contributed by atoms with Crippen molar-refractivity contribution in [2.45, 2.75) is 6.42 Å². The van der Waals surface area contributed by atoms with Gasteiger partial charge in [-0.3, -0.25) is 4.40 Å². The largest absolute Gasteiger partial charge is 0.354 e. The number of benzene rings is 2. The molecule has 0 atom stereocenters. The summed E-state index contributed by atoms with van der Waals surface area (Å²) in [4.78, 5) is 4.80. The van der Waals surface area contributed by atoms with Gasteiger partial charge in [-0.2, -0.15) is 0 Å². The second kappa shape index (κ2) is 7.80. The van der Waals surface area contributed by atoms with Gasteiger partial charge in [0.05, 0.1) is 15.7 Å². The molecule has 148 valence electrons. The van der Waals surface area contributed by atoms with Crippen molar-refractivity contribution in [3.63, 3.8) is 0 Å². The minimum absolute atomic E-state index is 0.518. The van der Waals surface area contributed by atoms with Crippen molar-refractivity contribution in [1.29, 1.82) is 0 Å². The van der Waals surface area contributed by atoms with E-state index in [-0.39, 0.29) is 0 Å². The van der Waals surface area contributed by atoms with Crippen molar-refractivity contribution in [1.82, 2.24) is 14.5 Å². The fourth-order valence-electron chi connectivity index (χ4n) is 3.41. The minimum Gasteiger partial charge on any atom is -0.354 e. The highest BCUT2D eigenvalue weighted by molar-refractivity contribution is 6.42. The molecule has 0 saturated carbocycles. The average Bonchev–Trinajstić information content (AvgIpc) is 3.35. The third-order valence-corrected chi connectivity index (χ3v) is 5.80. The number of rotatable bonds is 4. The van der Waals surface area contributed by atoms with E-state index in [4.69, 9.17) is 44.3 Å². The molecule has 7 heteroatoms. The number of imidazole rings is 1. The zero-order valence-electron chi connectivity index (χ0n) is 15.5. The van der Waals surface area contributed by atoms with Gasteiger partial charge < -0.3 is 4.52 Å². The van der Waals surface area contributed by atoms with Crippen molar-refractivity contribution < 1.29 is 4.52 Å². The second-order valence-electron chi connectivity index (χ2n) is 6.85. The smallest absolute Gasteiger partial charge is 0.186 e. The molecule has 0 unspecified atom stereocenters. The molecule has 5 aromatic rings. The van der Waals surface area contributed by atoms with Gasteiger partial charge in [0.25, 0.3) is 0 Å². The summed E-state index contributed by atoms with van der Waals surface area (Å²) in [6, 6.07) is 20.9. The lowest BCUT2D eigenvalue weighted by molar-refractivity contribution is 0.424. The lowest BCUT2D eigenvalue weighted by Crippen LogP contribution is -1.89. The van der Waals surface area contributed by atoms with Crippen LogP contribution in [0.25, 0.3) is 28.4 Å². The number of hydrogen-bond donors (Lipinski definition) is 0. The van der Waals surface area contributed by atoms with E-state index in [1.165, 1.54) is 0 Å². The second-order valence-corrected chi connectivity index (χ2v) is 8.10. The van der Waals surface area contributed by atoms with Crippen LogP contribution in [-0.2, 0) is 6.42 Å². The summed E-state index contributed by atoms with van der Waals surface area (Å²) in [7, 11) is 0. The first-order valence-corrected chi connectivity index (χ1v) is 10.3. The first-order valence-electron chi connectivity index (χ1n) is 9.21. The fourth-order valence-corrected chi connectivity index (χ4v) is 3.85. The topological polar surface area (TPSA) is 43.3 Å². The molecule has 0 N–H and O–H groups in total. The van der Waals surface area contributed by atoms with E-state index in [0.717, 1.165) is 33.9 Å². The molecule has 3 aromatic heterocycles. The van der Waals surface area contributed by atoms with E-state index in [1.54, 1.807) is 6.07 Å². The zero-order valence-corrected chi connectivity index (χ0v) is 17.8. The molecule has 0 spiro atoms. The van der Waals surface area contributed by atoms with Crippen molar-refractivity contribution in [2.24, 2.45) is 0 Å². The number of aromatic nitrogens is 3. The summed E-state index contributed by atoms with van der Waals surface area (Å²) < 4.78 is 7.73. The molecule has 3 heterocycles. The highest BCUT2D eigenvalue weighted by Gasteiger charge is 2.20. The first-order chi connectivity index (χ1) is 14.6. The Morgan fingerprint density at radius 3 is 2.50 bits per heavy atom. The number of halogens is 3. The van der Waals surface area contributed by atoms with Crippen molar-refractivity contribution in [3.8, 4) is 22.7 Å². The summed E-state index contributed by atoms with van der Waals surface area (Å²) in [6.07, 6.45) is 2.53. The molecule has 0 aliphatic rings. The fraction of sp³-hybridized carbons (Fsp3) is 0.0435. The van der Waals surface area contributed by atoms with Gasteiger partial charge in [-0.05, 0) is 42.0 Å². The van der Waals surface area contributed by atoms with Gasteiger partial charge in [-0.1, -0.05) is 64.2 Å². The van der Waals surface area contributed by atoms with Gasteiger partial charge in [0.15, 0.2) is 5.76 Å². The predicted octanol–water partition coefficient (Wildman–Crippen LogP) is 7.21. The van der Waals surface area contributed by atoms with Crippen LogP contribution in [0.4, 0.5) is 0 Å². The van der Waals surface area contributed by atoms with E-state index in [9.17, 15) is 0 Å². The molecule has 0 amide bonds. The number of nitrogens with zero attached hydrogens (tertiary/aromatic N) is 3. The maximum atomic E-state index is 6.13. The van der Waals surface area contributed by atoms with Gasteiger partial charge in [-0.15, -0.1) is 0 Å². The van der Waals surface area contributed by atoms with E-state index in [1.807, 2.05) is 71.3 Å². The highest BCUT2D eigenvalue weighted by Crippen LogP contribution is 2.34. The lowest BCUT2D eigenvalue weighted by atomic mass is 10.1. The third kappa shape index (κ3) is 3.58. The summed E-state index contributed by atoms with van der Waals surface area (Å²) in [6.45, 7) is 0. The number of pyridine rings is 1. The SMILES string of the molecule is Clc1ccc(-c2nc3ccccn3c2-c2cc(Cc3ccc(Cl)c(Cl)c3)no2)cc1. The van der Waals surface area contributed by atoms with Gasteiger partial charge >= 0.3 is 0 Å². The minimum atomic E-state index is 0.518. The van der Waals surface area contributed by atoms with Crippen LogP contribution in [0, 0.1) is 0 Å². The van der Waals surface area contributed by atoms with Crippen LogP contribution >= 0.6 is 34.8 Å². The Balaban J connectivity index is 1.58. The normalized spacial score (nSPS) is 11.3. The van der Waals surface area contributed by atoms with Crippen LogP contribution in [0.1, 0.15) is 11.3 Å². The summed E-state index contributed by atoms with van der Waals surface area (Å²) in [5, 5.41) is 5.98. The molecule has 0 radical (unpaired) electrons. The third-order valence-electron chi connectivity index (χ3n) is 4.81. The number of hydrogen-bond acceptors (Lipinski definition) is 3. The average molecular weight is 455 g/mol. The Hall–Kier alpha value is -2.79. The van der Waals surface area contributed by atoms with Gasteiger partial charge in [-0.25, -0.2) is 4.98 Å². The summed E-state index contributed by atoms with van der Waals surface area (Å²) >= 11 is 18.2.